The third kappa shape index (κ3) is 6.66. The first-order valence-electron chi connectivity index (χ1n) is 9.69. The molecule has 0 bridgehead atoms. The second kappa shape index (κ2) is 9.90. The quantitative estimate of drug-likeness (QED) is 0.580. The number of likely N-dealkylation sites (N-methyl/N-ethyl adjacent to an activating group) is 1. The van der Waals surface area contributed by atoms with Gasteiger partial charge in [-0.2, -0.15) is 0 Å². The Morgan fingerprint density at radius 2 is 1.93 bits per heavy atom. The molecule has 1 saturated heterocycles. The van der Waals surface area contributed by atoms with Crippen LogP contribution in [0.5, 0.6) is 0 Å². The molecule has 1 atom stereocenters. The molecule has 1 aliphatic heterocycles. The topological polar surface area (TPSA) is 65.0 Å². The number of hydrogen-bond donors (Lipinski definition) is 2. The minimum atomic E-state index is 0.0730. The van der Waals surface area contributed by atoms with Gasteiger partial charge in [-0.05, 0) is 24.1 Å². The van der Waals surface area contributed by atoms with Crippen LogP contribution in [0.4, 0.5) is 5.82 Å². The van der Waals surface area contributed by atoms with E-state index in [4.69, 9.17) is 4.74 Å². The Kier molecular flexibility index (Phi) is 7.86. The highest BCUT2D eigenvalue weighted by atomic mass is 16.5. The van der Waals surface area contributed by atoms with Crippen LogP contribution in [0.3, 0.4) is 0 Å². The van der Waals surface area contributed by atoms with Crippen LogP contribution in [0.25, 0.3) is 0 Å². The van der Waals surface area contributed by atoms with E-state index in [2.05, 4.69) is 70.4 Å². The number of piperazine rings is 1. The summed E-state index contributed by atoms with van der Waals surface area (Å²) in [6.45, 7) is 12.2. The normalized spacial score (nSPS) is 17.7. The minimum absolute atomic E-state index is 0.0730. The van der Waals surface area contributed by atoms with Gasteiger partial charge in [0.05, 0.1) is 6.10 Å². The molecule has 1 fully saturated rings. The van der Waals surface area contributed by atoms with Crippen molar-refractivity contribution in [2.75, 3.05) is 58.8 Å². The third-order valence-electron chi connectivity index (χ3n) is 5.03. The molecule has 0 amide bonds. The molecule has 0 spiro atoms. The molecule has 27 heavy (non-hydrogen) atoms. The number of methoxy groups -OCH3 is 1. The number of hydrogen-bond acceptors (Lipinski definition) is 5. The van der Waals surface area contributed by atoms with Gasteiger partial charge in [0, 0.05) is 59.6 Å². The summed E-state index contributed by atoms with van der Waals surface area (Å²) in [5.41, 5.74) is 1.21. The van der Waals surface area contributed by atoms with Crippen molar-refractivity contribution < 1.29 is 4.74 Å². The fourth-order valence-electron chi connectivity index (χ4n) is 3.08. The minimum Gasteiger partial charge on any atom is -0.379 e. The molecule has 2 heterocycles. The van der Waals surface area contributed by atoms with Crippen molar-refractivity contribution in [2.24, 2.45) is 10.4 Å². The van der Waals surface area contributed by atoms with E-state index in [0.29, 0.717) is 13.1 Å². The van der Waals surface area contributed by atoms with Crippen LogP contribution >= 0.6 is 0 Å². The van der Waals surface area contributed by atoms with Gasteiger partial charge in [0.2, 0.25) is 0 Å². The summed E-state index contributed by atoms with van der Waals surface area (Å²) in [5.74, 6) is 1.83. The number of rotatable bonds is 6. The van der Waals surface area contributed by atoms with E-state index >= 15 is 0 Å². The van der Waals surface area contributed by atoms with Gasteiger partial charge in [-0.15, -0.1) is 0 Å². The van der Waals surface area contributed by atoms with Gasteiger partial charge in [0.1, 0.15) is 5.82 Å². The van der Waals surface area contributed by atoms with E-state index in [9.17, 15) is 0 Å². The molecule has 1 aromatic rings. The van der Waals surface area contributed by atoms with Gasteiger partial charge >= 0.3 is 0 Å². The average Bonchev–Trinajstić information content (AvgIpc) is 2.65. The van der Waals surface area contributed by atoms with E-state index in [1.54, 1.807) is 14.2 Å². The standard InChI is InChI=1S/C20H36N6O/c1-20(2,3)17(27-6)15-24-19(21-4)23-14-16-7-8-18(22-13-16)26-11-9-25(5)10-12-26/h7-8,13,17H,9-12,14-15H2,1-6H3,(H2,21,23,24). The van der Waals surface area contributed by atoms with E-state index in [1.807, 2.05) is 6.20 Å². The monoisotopic (exact) mass is 376 g/mol. The molecule has 7 heteroatoms. The van der Waals surface area contributed by atoms with Gasteiger partial charge in [-0.3, -0.25) is 4.99 Å². The highest BCUT2D eigenvalue weighted by Crippen LogP contribution is 2.20. The van der Waals surface area contributed by atoms with Gasteiger partial charge in [-0.1, -0.05) is 26.8 Å². The highest BCUT2D eigenvalue weighted by molar-refractivity contribution is 5.79. The van der Waals surface area contributed by atoms with E-state index in [-0.39, 0.29) is 11.5 Å². The van der Waals surface area contributed by atoms with Crippen molar-refractivity contribution in [3.63, 3.8) is 0 Å². The molecule has 2 N–H and O–H groups in total. The molecule has 1 unspecified atom stereocenters. The smallest absolute Gasteiger partial charge is 0.191 e. The van der Waals surface area contributed by atoms with Crippen molar-refractivity contribution in [1.29, 1.82) is 0 Å². The Bertz CT molecular complexity index is 587. The van der Waals surface area contributed by atoms with Crippen molar-refractivity contribution >= 4 is 11.8 Å². The predicted octanol–water partition coefficient (Wildman–Crippen LogP) is 1.56. The molecule has 0 aliphatic carbocycles. The van der Waals surface area contributed by atoms with Crippen molar-refractivity contribution in [3.8, 4) is 0 Å². The van der Waals surface area contributed by atoms with Crippen LogP contribution in [-0.4, -0.2) is 75.9 Å². The average molecular weight is 377 g/mol. The molecular formula is C20H36N6O. The number of pyridine rings is 1. The Hall–Kier alpha value is -1.86. The molecule has 1 aromatic heterocycles. The van der Waals surface area contributed by atoms with Crippen molar-refractivity contribution in [3.05, 3.63) is 23.9 Å². The number of guanidine groups is 1. The lowest BCUT2D eigenvalue weighted by molar-refractivity contribution is 0.0205. The summed E-state index contributed by atoms with van der Waals surface area (Å²) in [5, 5.41) is 6.69. The first-order valence-corrected chi connectivity index (χ1v) is 9.69. The first kappa shape index (κ1) is 21.4. The van der Waals surface area contributed by atoms with E-state index < -0.39 is 0 Å². The zero-order chi connectivity index (χ0) is 19.9. The van der Waals surface area contributed by atoms with Gasteiger partial charge in [0.15, 0.2) is 5.96 Å². The van der Waals surface area contributed by atoms with Crippen LogP contribution in [0.1, 0.15) is 26.3 Å². The Morgan fingerprint density at radius 1 is 1.22 bits per heavy atom. The zero-order valence-corrected chi connectivity index (χ0v) is 17.7. The Balaban J connectivity index is 1.82. The Labute approximate surface area is 164 Å². The summed E-state index contributed by atoms with van der Waals surface area (Å²) in [4.78, 5) is 13.6. The van der Waals surface area contributed by atoms with E-state index in [0.717, 1.165) is 43.5 Å². The number of aromatic nitrogens is 1. The van der Waals surface area contributed by atoms with Gasteiger partial charge in [0.25, 0.3) is 0 Å². The van der Waals surface area contributed by atoms with Crippen LogP contribution in [-0.2, 0) is 11.3 Å². The van der Waals surface area contributed by atoms with Gasteiger partial charge < -0.3 is 25.2 Å². The summed E-state index contributed by atoms with van der Waals surface area (Å²) in [6, 6.07) is 4.24. The summed E-state index contributed by atoms with van der Waals surface area (Å²) < 4.78 is 5.59. The fourth-order valence-corrected chi connectivity index (χ4v) is 3.08. The van der Waals surface area contributed by atoms with Crippen LogP contribution in [0.15, 0.2) is 23.3 Å². The number of nitrogens with one attached hydrogen (secondary N) is 2. The second-order valence-corrected chi connectivity index (χ2v) is 8.21. The molecule has 2 rings (SSSR count). The molecular weight excluding hydrogens is 340 g/mol. The van der Waals surface area contributed by atoms with Gasteiger partial charge in [-0.25, -0.2) is 4.98 Å². The third-order valence-corrected chi connectivity index (χ3v) is 5.03. The van der Waals surface area contributed by atoms with Crippen molar-refractivity contribution in [2.45, 2.75) is 33.4 Å². The largest absolute Gasteiger partial charge is 0.379 e. The summed E-state index contributed by atoms with van der Waals surface area (Å²) in [7, 11) is 5.70. The second-order valence-electron chi connectivity index (χ2n) is 8.21. The van der Waals surface area contributed by atoms with Crippen LogP contribution in [0, 0.1) is 5.41 Å². The molecule has 1 aliphatic rings. The maximum Gasteiger partial charge on any atom is 0.191 e. The van der Waals surface area contributed by atoms with Crippen LogP contribution < -0.4 is 15.5 Å². The maximum absolute atomic E-state index is 5.59. The molecule has 7 nitrogen and oxygen atoms in total. The SMILES string of the molecule is CN=C(NCc1ccc(N2CCN(C)CC2)nc1)NCC(OC)C(C)(C)C. The zero-order valence-electron chi connectivity index (χ0n) is 17.7. The van der Waals surface area contributed by atoms with Crippen LogP contribution in [0.2, 0.25) is 0 Å². The number of nitrogens with zero attached hydrogens (tertiary/aromatic N) is 4. The molecule has 0 aromatic carbocycles. The lowest BCUT2D eigenvalue weighted by atomic mass is 9.89. The fraction of sp³-hybridized carbons (Fsp3) is 0.700. The molecule has 0 radical (unpaired) electrons. The summed E-state index contributed by atoms with van der Waals surface area (Å²) >= 11 is 0. The van der Waals surface area contributed by atoms with Crippen molar-refractivity contribution in [1.82, 2.24) is 20.5 Å². The Morgan fingerprint density at radius 3 is 2.44 bits per heavy atom. The predicted molar refractivity (Wildman–Crippen MR) is 112 cm³/mol. The lowest BCUT2D eigenvalue weighted by Gasteiger charge is -2.33. The molecule has 152 valence electrons. The van der Waals surface area contributed by atoms with E-state index in [1.165, 1.54) is 0 Å². The first-order chi connectivity index (χ1) is 12.8. The lowest BCUT2D eigenvalue weighted by Crippen LogP contribution is -2.45. The number of anilines is 1. The summed E-state index contributed by atoms with van der Waals surface area (Å²) in [6.07, 6.45) is 2.06. The maximum atomic E-state index is 5.59. The highest BCUT2D eigenvalue weighted by Gasteiger charge is 2.24. The number of aliphatic imine (C=N–C) groups is 1. The number of ether oxygens (including phenoxy) is 1. The molecule has 0 saturated carbocycles.